The third-order valence-electron chi connectivity index (χ3n) is 3.33. The van der Waals surface area contributed by atoms with Crippen molar-refractivity contribution in [1.82, 2.24) is 0 Å². The minimum Gasteiger partial charge on any atom is -0.198 e. The van der Waals surface area contributed by atoms with Crippen LogP contribution in [-0.4, -0.2) is 0 Å². The molecule has 0 spiro atoms. The summed E-state index contributed by atoms with van der Waals surface area (Å²) in [6.07, 6.45) is 5.45. The van der Waals surface area contributed by atoms with Crippen molar-refractivity contribution >= 4 is 15.9 Å². The molecule has 2 rings (SSSR count). The zero-order chi connectivity index (χ0) is 10.7. The van der Waals surface area contributed by atoms with Crippen LogP contribution in [0.3, 0.4) is 0 Å². The monoisotopic (exact) mass is 263 g/mol. The summed E-state index contributed by atoms with van der Waals surface area (Å²) in [6, 6.07) is 10.9. The van der Waals surface area contributed by atoms with Gasteiger partial charge < -0.3 is 0 Å². The van der Waals surface area contributed by atoms with E-state index in [0.29, 0.717) is 0 Å². The number of nitrogens with zero attached hydrogens (tertiary/aromatic N) is 1. The molecular formula is C13H14BrN. The highest BCUT2D eigenvalue weighted by molar-refractivity contribution is 9.10. The lowest BCUT2D eigenvalue weighted by atomic mass is 9.67. The molecule has 1 saturated carbocycles. The normalized spacial score (nSPS) is 17.9. The van der Waals surface area contributed by atoms with Gasteiger partial charge in [0.25, 0.3) is 0 Å². The van der Waals surface area contributed by atoms with Gasteiger partial charge in [0.15, 0.2) is 0 Å². The molecule has 0 N–H and O–H groups in total. The maximum Gasteiger partial charge on any atom is 0.0689 e. The van der Waals surface area contributed by atoms with Crippen molar-refractivity contribution in [3.8, 4) is 6.07 Å². The van der Waals surface area contributed by atoms with Crippen LogP contribution in [0.5, 0.6) is 0 Å². The van der Waals surface area contributed by atoms with Gasteiger partial charge >= 0.3 is 0 Å². The van der Waals surface area contributed by atoms with Crippen LogP contribution < -0.4 is 0 Å². The predicted octanol–water partition coefficient (Wildman–Crippen LogP) is 4.08. The van der Waals surface area contributed by atoms with E-state index in [2.05, 4.69) is 40.2 Å². The van der Waals surface area contributed by atoms with E-state index in [1.54, 1.807) is 0 Å². The van der Waals surface area contributed by atoms with Crippen LogP contribution in [0.2, 0.25) is 0 Å². The number of rotatable bonds is 3. The van der Waals surface area contributed by atoms with Crippen molar-refractivity contribution in [2.45, 2.75) is 32.1 Å². The summed E-state index contributed by atoms with van der Waals surface area (Å²) in [5.74, 6) is 0. The van der Waals surface area contributed by atoms with Gasteiger partial charge in [-0.05, 0) is 43.4 Å². The van der Waals surface area contributed by atoms with Crippen molar-refractivity contribution in [3.05, 3.63) is 34.3 Å². The van der Waals surface area contributed by atoms with Gasteiger partial charge in [0, 0.05) is 4.47 Å². The lowest BCUT2D eigenvalue weighted by molar-refractivity contribution is 0.198. The molecule has 0 bridgehead atoms. The standard InChI is InChI=1S/C13H14BrN/c14-12-4-1-3-11(9-12)5-8-13(10-15)6-2-7-13/h1,3-4,9H,2,5-8H2. The molecule has 1 nitrogen and oxygen atoms in total. The molecule has 1 aromatic carbocycles. The van der Waals surface area contributed by atoms with E-state index in [4.69, 9.17) is 5.26 Å². The fraction of sp³-hybridized carbons (Fsp3) is 0.462. The fourth-order valence-electron chi connectivity index (χ4n) is 2.10. The number of aryl methyl sites for hydroxylation is 1. The highest BCUT2D eigenvalue weighted by atomic mass is 79.9. The Balaban J connectivity index is 1.96. The molecule has 0 heterocycles. The molecule has 1 fully saturated rings. The molecule has 1 aliphatic rings. The predicted molar refractivity (Wildman–Crippen MR) is 64.4 cm³/mol. The Bertz CT molecular complexity index is 388. The first kappa shape index (κ1) is 10.7. The van der Waals surface area contributed by atoms with Crippen LogP contribution in [0.4, 0.5) is 0 Å². The van der Waals surface area contributed by atoms with Crippen LogP contribution in [0, 0.1) is 16.7 Å². The van der Waals surface area contributed by atoms with Crippen molar-refractivity contribution in [2.75, 3.05) is 0 Å². The Hall–Kier alpha value is -0.810. The molecule has 0 unspecified atom stereocenters. The zero-order valence-electron chi connectivity index (χ0n) is 8.67. The van der Waals surface area contributed by atoms with E-state index < -0.39 is 0 Å². The van der Waals surface area contributed by atoms with Crippen molar-refractivity contribution in [1.29, 1.82) is 5.26 Å². The highest BCUT2D eigenvalue weighted by Gasteiger charge is 2.36. The summed E-state index contributed by atoms with van der Waals surface area (Å²) in [5, 5.41) is 9.11. The molecule has 0 saturated heterocycles. The summed E-state index contributed by atoms with van der Waals surface area (Å²) in [5.41, 5.74) is 1.33. The van der Waals surface area contributed by atoms with Crippen LogP contribution in [-0.2, 0) is 6.42 Å². The molecule has 2 heteroatoms. The van der Waals surface area contributed by atoms with Crippen molar-refractivity contribution in [2.24, 2.45) is 5.41 Å². The third-order valence-corrected chi connectivity index (χ3v) is 3.82. The van der Waals surface area contributed by atoms with E-state index in [9.17, 15) is 0 Å². The SMILES string of the molecule is N#CC1(CCc2cccc(Br)c2)CCC1. The Morgan fingerprint density at radius 3 is 2.73 bits per heavy atom. The van der Waals surface area contributed by atoms with Crippen LogP contribution >= 0.6 is 15.9 Å². The molecule has 15 heavy (non-hydrogen) atoms. The molecule has 78 valence electrons. The number of hydrogen-bond acceptors (Lipinski definition) is 1. The van der Waals surface area contributed by atoms with E-state index in [1.807, 2.05) is 6.07 Å². The largest absolute Gasteiger partial charge is 0.198 e. The Labute approximate surface area is 99.2 Å². The summed E-state index contributed by atoms with van der Waals surface area (Å²) in [7, 11) is 0. The minimum absolute atomic E-state index is 0.00230. The molecule has 0 aromatic heterocycles. The third kappa shape index (κ3) is 2.41. The van der Waals surface area contributed by atoms with Gasteiger partial charge in [-0.1, -0.05) is 34.5 Å². The average Bonchev–Trinajstić information content (AvgIpc) is 2.17. The topological polar surface area (TPSA) is 23.8 Å². The van der Waals surface area contributed by atoms with Crippen LogP contribution in [0.1, 0.15) is 31.2 Å². The Morgan fingerprint density at radius 2 is 2.20 bits per heavy atom. The second-order valence-corrected chi connectivity index (χ2v) is 5.29. The molecule has 0 amide bonds. The highest BCUT2D eigenvalue weighted by Crippen LogP contribution is 2.43. The molecule has 0 aliphatic heterocycles. The second kappa shape index (κ2) is 4.37. The molecular weight excluding hydrogens is 250 g/mol. The van der Waals surface area contributed by atoms with Gasteiger partial charge in [0.2, 0.25) is 0 Å². The van der Waals surface area contributed by atoms with Gasteiger partial charge in [-0.3, -0.25) is 0 Å². The van der Waals surface area contributed by atoms with Crippen molar-refractivity contribution in [3.63, 3.8) is 0 Å². The Morgan fingerprint density at radius 1 is 1.40 bits per heavy atom. The molecule has 1 aromatic rings. The van der Waals surface area contributed by atoms with Gasteiger partial charge in [-0.25, -0.2) is 0 Å². The summed E-state index contributed by atoms with van der Waals surface area (Å²) in [4.78, 5) is 0. The second-order valence-electron chi connectivity index (χ2n) is 4.38. The number of halogens is 1. The van der Waals surface area contributed by atoms with Crippen LogP contribution in [0.25, 0.3) is 0 Å². The molecule has 1 aliphatic carbocycles. The number of nitriles is 1. The maximum absolute atomic E-state index is 9.11. The first-order valence-corrected chi connectivity index (χ1v) is 6.19. The van der Waals surface area contributed by atoms with E-state index in [-0.39, 0.29) is 5.41 Å². The van der Waals surface area contributed by atoms with Crippen molar-refractivity contribution < 1.29 is 0 Å². The minimum atomic E-state index is 0.00230. The van der Waals surface area contributed by atoms with Gasteiger partial charge in [0.1, 0.15) is 0 Å². The van der Waals surface area contributed by atoms with Gasteiger partial charge in [0.05, 0.1) is 11.5 Å². The molecule has 0 atom stereocenters. The smallest absolute Gasteiger partial charge is 0.0689 e. The van der Waals surface area contributed by atoms with E-state index >= 15 is 0 Å². The van der Waals surface area contributed by atoms with Crippen LogP contribution in [0.15, 0.2) is 28.7 Å². The first-order chi connectivity index (χ1) is 7.24. The lowest BCUT2D eigenvalue weighted by Crippen LogP contribution is -2.27. The summed E-state index contributed by atoms with van der Waals surface area (Å²) in [6.45, 7) is 0. The maximum atomic E-state index is 9.11. The summed E-state index contributed by atoms with van der Waals surface area (Å²) >= 11 is 3.47. The quantitative estimate of drug-likeness (QED) is 0.807. The molecule has 0 radical (unpaired) electrons. The fourth-order valence-corrected chi connectivity index (χ4v) is 2.54. The van der Waals surface area contributed by atoms with E-state index in [1.165, 1.54) is 12.0 Å². The number of benzene rings is 1. The number of hydrogen-bond donors (Lipinski definition) is 0. The lowest BCUT2D eigenvalue weighted by Gasteiger charge is -2.35. The first-order valence-electron chi connectivity index (χ1n) is 5.40. The van der Waals surface area contributed by atoms with Gasteiger partial charge in [-0.2, -0.15) is 5.26 Å². The average molecular weight is 264 g/mol. The zero-order valence-corrected chi connectivity index (χ0v) is 10.3. The Kier molecular flexibility index (Phi) is 3.11. The summed E-state index contributed by atoms with van der Waals surface area (Å²) < 4.78 is 1.12. The van der Waals surface area contributed by atoms with E-state index in [0.717, 1.165) is 30.2 Å². The van der Waals surface area contributed by atoms with Gasteiger partial charge in [-0.15, -0.1) is 0 Å².